The van der Waals surface area contributed by atoms with Gasteiger partial charge in [-0.15, -0.1) is 0 Å². The summed E-state index contributed by atoms with van der Waals surface area (Å²) in [5, 5.41) is 2.85. The van der Waals surface area contributed by atoms with Crippen LogP contribution in [0.2, 0.25) is 0 Å². The zero-order valence-electron chi connectivity index (χ0n) is 14.4. The molecule has 0 unspecified atom stereocenters. The van der Waals surface area contributed by atoms with Gasteiger partial charge in [-0.25, -0.2) is 0 Å². The Morgan fingerprint density at radius 1 is 0.917 bits per heavy atom. The van der Waals surface area contributed by atoms with Crippen molar-refractivity contribution in [3.63, 3.8) is 0 Å². The fourth-order valence-corrected chi connectivity index (χ4v) is 2.45. The quantitative estimate of drug-likeness (QED) is 0.847. The molecule has 0 heterocycles. The molecule has 0 bridgehead atoms. The molecule has 0 spiro atoms. The number of aryl methyl sites for hydroxylation is 4. The molecule has 2 aromatic carbocycles. The average molecular weight is 322 g/mol. The predicted octanol–water partition coefficient (Wildman–Crippen LogP) is 3.43. The third-order valence-electron chi connectivity index (χ3n) is 3.98. The van der Waals surface area contributed by atoms with Crippen LogP contribution in [0.1, 0.15) is 27.8 Å². The number of nitrogens with one attached hydrogen (secondary N) is 1. The highest BCUT2D eigenvalue weighted by Crippen LogP contribution is 2.23. The average Bonchev–Trinajstić information content (AvgIpc) is 2.51. The number of carbonyl (C=O) groups excluding carboxylic acids is 2. The topological polar surface area (TPSA) is 72.2 Å². The van der Waals surface area contributed by atoms with Crippen LogP contribution in [0.4, 0.5) is 5.69 Å². The highest BCUT2D eigenvalue weighted by atomic mass is 16.2. The lowest BCUT2D eigenvalue weighted by atomic mass is 9.97. The van der Waals surface area contributed by atoms with E-state index >= 15 is 0 Å². The summed E-state index contributed by atoms with van der Waals surface area (Å²) in [4.78, 5) is 24.1. The van der Waals surface area contributed by atoms with E-state index in [-0.39, 0.29) is 11.5 Å². The zero-order chi connectivity index (χ0) is 17.9. The van der Waals surface area contributed by atoms with Crippen molar-refractivity contribution in [2.75, 3.05) is 5.32 Å². The fraction of sp³-hybridized carbons (Fsp3) is 0.200. The Balaban J connectivity index is 2.41. The smallest absolute Gasteiger partial charge is 0.256 e. The first kappa shape index (κ1) is 17.5. The van der Waals surface area contributed by atoms with Crippen molar-refractivity contribution in [3.8, 4) is 0 Å². The molecule has 4 nitrogen and oxygen atoms in total. The number of primary amides is 1. The lowest BCUT2D eigenvalue weighted by molar-refractivity contribution is -0.114. The predicted molar refractivity (Wildman–Crippen MR) is 97.6 cm³/mol. The van der Waals surface area contributed by atoms with Crippen molar-refractivity contribution in [3.05, 3.63) is 70.3 Å². The molecule has 0 saturated heterocycles. The van der Waals surface area contributed by atoms with E-state index in [0.717, 1.165) is 22.3 Å². The Labute approximate surface area is 142 Å². The Kier molecular flexibility index (Phi) is 5.19. The monoisotopic (exact) mass is 322 g/mol. The van der Waals surface area contributed by atoms with E-state index in [1.54, 1.807) is 0 Å². The van der Waals surface area contributed by atoms with Gasteiger partial charge in [0.2, 0.25) is 5.91 Å². The molecule has 2 amide bonds. The normalized spacial score (nSPS) is 11.2. The van der Waals surface area contributed by atoms with Gasteiger partial charge in [-0.2, -0.15) is 0 Å². The second-order valence-electron chi connectivity index (χ2n) is 6.03. The number of amides is 2. The van der Waals surface area contributed by atoms with Gasteiger partial charge >= 0.3 is 0 Å². The lowest BCUT2D eigenvalue weighted by Crippen LogP contribution is -2.17. The van der Waals surface area contributed by atoms with Gasteiger partial charge < -0.3 is 11.1 Å². The Morgan fingerprint density at radius 2 is 1.58 bits per heavy atom. The maximum absolute atomic E-state index is 12.7. The molecule has 124 valence electrons. The van der Waals surface area contributed by atoms with Crippen molar-refractivity contribution in [1.82, 2.24) is 0 Å². The van der Waals surface area contributed by atoms with Crippen LogP contribution in [0.5, 0.6) is 0 Å². The van der Waals surface area contributed by atoms with E-state index in [4.69, 9.17) is 5.73 Å². The van der Waals surface area contributed by atoms with Gasteiger partial charge in [0.25, 0.3) is 5.91 Å². The van der Waals surface area contributed by atoms with Crippen LogP contribution >= 0.6 is 0 Å². The van der Waals surface area contributed by atoms with Crippen LogP contribution in [0, 0.1) is 27.7 Å². The minimum absolute atomic E-state index is 0.266. The van der Waals surface area contributed by atoms with E-state index in [1.165, 1.54) is 6.08 Å². The van der Waals surface area contributed by atoms with Crippen molar-refractivity contribution in [2.24, 2.45) is 5.73 Å². The Morgan fingerprint density at radius 3 is 2.21 bits per heavy atom. The largest absolute Gasteiger partial charge is 0.366 e. The Bertz CT molecular complexity index is 836. The minimum atomic E-state index is -0.652. The van der Waals surface area contributed by atoms with Crippen LogP contribution in [0.25, 0.3) is 5.57 Å². The molecule has 0 aromatic heterocycles. The number of anilines is 1. The van der Waals surface area contributed by atoms with Gasteiger partial charge in [0, 0.05) is 11.8 Å². The molecule has 0 aliphatic carbocycles. The number of hydrogen-bond acceptors (Lipinski definition) is 2. The molecule has 0 fully saturated rings. The summed E-state index contributed by atoms with van der Waals surface area (Å²) in [7, 11) is 0. The molecule has 0 aliphatic rings. The first-order valence-corrected chi connectivity index (χ1v) is 7.75. The van der Waals surface area contributed by atoms with E-state index in [0.29, 0.717) is 11.3 Å². The molecule has 4 heteroatoms. The summed E-state index contributed by atoms with van der Waals surface area (Å²) in [5.41, 5.74) is 11.1. The molecule has 24 heavy (non-hydrogen) atoms. The molecule has 0 aliphatic heterocycles. The fourth-order valence-electron chi connectivity index (χ4n) is 2.45. The maximum Gasteiger partial charge on any atom is 0.256 e. The third-order valence-corrected chi connectivity index (χ3v) is 3.98. The van der Waals surface area contributed by atoms with E-state index in [9.17, 15) is 9.59 Å². The second kappa shape index (κ2) is 7.13. The van der Waals surface area contributed by atoms with E-state index < -0.39 is 5.91 Å². The van der Waals surface area contributed by atoms with Gasteiger partial charge in [-0.05, 0) is 62.1 Å². The van der Waals surface area contributed by atoms with Gasteiger partial charge in [0.1, 0.15) is 0 Å². The minimum Gasteiger partial charge on any atom is -0.366 e. The summed E-state index contributed by atoms with van der Waals surface area (Å²) in [5.74, 6) is -1.01. The number of rotatable bonds is 4. The van der Waals surface area contributed by atoms with Crippen molar-refractivity contribution in [1.29, 1.82) is 0 Å². The first-order valence-electron chi connectivity index (χ1n) is 7.75. The molecule has 2 rings (SSSR count). The summed E-state index contributed by atoms with van der Waals surface area (Å²) in [6.45, 7) is 7.82. The number of benzene rings is 2. The molecular formula is C20H22N2O2. The SMILES string of the molecule is Cc1ccc(C)c(C(=CC(N)=O)C(=O)Nc2ccc(C)c(C)c2)c1. The van der Waals surface area contributed by atoms with Crippen molar-refractivity contribution in [2.45, 2.75) is 27.7 Å². The van der Waals surface area contributed by atoms with E-state index in [1.807, 2.05) is 64.1 Å². The summed E-state index contributed by atoms with van der Waals surface area (Å²) in [6, 6.07) is 11.4. The molecular weight excluding hydrogens is 300 g/mol. The standard InChI is InChI=1S/C20H22N2O2/c1-12-5-6-14(3)17(9-12)18(11-19(21)23)20(24)22-16-8-7-13(2)15(4)10-16/h5-11H,1-4H3,(H2,21,23)(H,22,24). The number of nitrogens with two attached hydrogens (primary N) is 1. The van der Waals surface area contributed by atoms with Crippen LogP contribution in [0.15, 0.2) is 42.5 Å². The van der Waals surface area contributed by atoms with Crippen LogP contribution in [-0.2, 0) is 9.59 Å². The molecule has 0 atom stereocenters. The molecule has 0 saturated carbocycles. The molecule has 0 radical (unpaired) electrons. The molecule has 3 N–H and O–H groups in total. The van der Waals surface area contributed by atoms with Gasteiger partial charge in [0.05, 0.1) is 5.57 Å². The molecule has 2 aromatic rings. The van der Waals surface area contributed by atoms with Crippen molar-refractivity contribution < 1.29 is 9.59 Å². The summed E-state index contributed by atoms with van der Waals surface area (Å²) in [6.07, 6.45) is 1.18. The second-order valence-corrected chi connectivity index (χ2v) is 6.03. The van der Waals surface area contributed by atoms with Crippen LogP contribution in [0.3, 0.4) is 0 Å². The number of hydrogen-bond donors (Lipinski definition) is 2. The van der Waals surface area contributed by atoms with Crippen LogP contribution in [-0.4, -0.2) is 11.8 Å². The summed E-state index contributed by atoms with van der Waals surface area (Å²) < 4.78 is 0. The third kappa shape index (κ3) is 4.10. The zero-order valence-corrected chi connectivity index (χ0v) is 14.4. The Hall–Kier alpha value is -2.88. The van der Waals surface area contributed by atoms with Gasteiger partial charge in [-0.3, -0.25) is 9.59 Å². The van der Waals surface area contributed by atoms with Crippen LogP contribution < -0.4 is 11.1 Å². The van der Waals surface area contributed by atoms with E-state index in [2.05, 4.69) is 5.32 Å². The van der Waals surface area contributed by atoms with Crippen molar-refractivity contribution >= 4 is 23.1 Å². The van der Waals surface area contributed by atoms with Gasteiger partial charge in [-0.1, -0.05) is 29.8 Å². The maximum atomic E-state index is 12.7. The highest BCUT2D eigenvalue weighted by Gasteiger charge is 2.16. The highest BCUT2D eigenvalue weighted by molar-refractivity contribution is 6.28. The number of carbonyl (C=O) groups is 2. The lowest BCUT2D eigenvalue weighted by Gasteiger charge is -2.13. The first-order chi connectivity index (χ1) is 11.3. The summed E-state index contributed by atoms with van der Waals surface area (Å²) >= 11 is 0. The van der Waals surface area contributed by atoms with Gasteiger partial charge in [0.15, 0.2) is 0 Å².